The van der Waals surface area contributed by atoms with E-state index in [1.807, 2.05) is 6.07 Å². The lowest BCUT2D eigenvalue weighted by molar-refractivity contribution is 0.0697. The van der Waals surface area contributed by atoms with Gasteiger partial charge in [-0.2, -0.15) is 0 Å². The molecule has 1 heterocycles. The summed E-state index contributed by atoms with van der Waals surface area (Å²) in [6, 6.07) is 10.1. The lowest BCUT2D eigenvalue weighted by atomic mass is 10.0. The van der Waals surface area contributed by atoms with Gasteiger partial charge in [0.1, 0.15) is 0 Å². The third kappa shape index (κ3) is 2.22. The lowest BCUT2D eigenvalue weighted by Crippen LogP contribution is -1.96. The van der Waals surface area contributed by atoms with Crippen LogP contribution < -0.4 is 9.47 Å². The van der Waals surface area contributed by atoms with Crippen molar-refractivity contribution >= 4 is 17.6 Å². The molecule has 0 saturated heterocycles. The van der Waals surface area contributed by atoms with Gasteiger partial charge >= 0.3 is 5.97 Å². The summed E-state index contributed by atoms with van der Waals surface area (Å²) in [4.78, 5) is 11.0. The van der Waals surface area contributed by atoms with Gasteiger partial charge in [0.25, 0.3) is 0 Å². The molecule has 3 rings (SSSR count). The van der Waals surface area contributed by atoms with Crippen LogP contribution in [-0.2, 0) is 0 Å². The molecule has 19 heavy (non-hydrogen) atoms. The molecule has 1 aliphatic rings. The zero-order valence-electron chi connectivity index (χ0n) is 9.72. The van der Waals surface area contributed by atoms with Gasteiger partial charge in [0, 0.05) is 5.02 Å². The SMILES string of the molecule is O=C(O)c1cc(Cl)cc(-c2ccc3c(c2)OCO3)c1. The van der Waals surface area contributed by atoms with E-state index in [0.717, 1.165) is 11.1 Å². The summed E-state index contributed by atoms with van der Waals surface area (Å²) < 4.78 is 10.5. The van der Waals surface area contributed by atoms with Crippen molar-refractivity contribution in [1.29, 1.82) is 0 Å². The average Bonchev–Trinajstić information content (AvgIpc) is 2.85. The van der Waals surface area contributed by atoms with Gasteiger partial charge in [-0.25, -0.2) is 4.79 Å². The molecular weight excluding hydrogens is 268 g/mol. The standard InChI is InChI=1S/C14H9ClO4/c15-11-4-9(3-10(5-11)14(16)17)8-1-2-12-13(6-8)19-7-18-12/h1-6H,7H2,(H,16,17). The Hall–Kier alpha value is -2.20. The van der Waals surface area contributed by atoms with Crippen molar-refractivity contribution in [3.63, 3.8) is 0 Å². The van der Waals surface area contributed by atoms with Crippen molar-refractivity contribution in [3.05, 3.63) is 47.0 Å². The van der Waals surface area contributed by atoms with Gasteiger partial charge in [-0.1, -0.05) is 17.7 Å². The Balaban J connectivity index is 2.09. The largest absolute Gasteiger partial charge is 0.478 e. The first kappa shape index (κ1) is 11.9. The topological polar surface area (TPSA) is 55.8 Å². The normalized spacial score (nSPS) is 12.5. The Morgan fingerprint density at radius 2 is 1.84 bits per heavy atom. The minimum Gasteiger partial charge on any atom is -0.478 e. The first-order valence-electron chi connectivity index (χ1n) is 5.57. The Morgan fingerprint density at radius 3 is 2.63 bits per heavy atom. The zero-order chi connectivity index (χ0) is 13.4. The molecule has 2 aromatic carbocycles. The molecule has 0 radical (unpaired) electrons. The second-order valence-electron chi connectivity index (χ2n) is 4.10. The average molecular weight is 277 g/mol. The fourth-order valence-corrected chi connectivity index (χ4v) is 2.19. The van der Waals surface area contributed by atoms with Crippen LogP contribution in [0.25, 0.3) is 11.1 Å². The Labute approximate surface area is 114 Å². The smallest absolute Gasteiger partial charge is 0.335 e. The van der Waals surface area contributed by atoms with Crippen LogP contribution in [0.4, 0.5) is 0 Å². The maximum Gasteiger partial charge on any atom is 0.335 e. The van der Waals surface area contributed by atoms with E-state index in [2.05, 4.69) is 0 Å². The van der Waals surface area contributed by atoms with E-state index in [1.165, 1.54) is 6.07 Å². The van der Waals surface area contributed by atoms with E-state index in [-0.39, 0.29) is 12.4 Å². The van der Waals surface area contributed by atoms with Gasteiger partial charge in [0.05, 0.1) is 5.56 Å². The number of aromatic carboxylic acids is 1. The molecular formula is C14H9ClO4. The van der Waals surface area contributed by atoms with Crippen LogP contribution in [0, 0.1) is 0 Å². The van der Waals surface area contributed by atoms with Crippen molar-refractivity contribution in [1.82, 2.24) is 0 Å². The molecule has 0 fully saturated rings. The van der Waals surface area contributed by atoms with E-state index in [4.69, 9.17) is 26.2 Å². The molecule has 0 aliphatic carbocycles. The minimum absolute atomic E-state index is 0.153. The van der Waals surface area contributed by atoms with Crippen LogP contribution in [0.5, 0.6) is 11.5 Å². The van der Waals surface area contributed by atoms with Crippen LogP contribution >= 0.6 is 11.6 Å². The van der Waals surface area contributed by atoms with Gasteiger partial charge in [-0.3, -0.25) is 0 Å². The second kappa shape index (κ2) is 4.48. The van der Waals surface area contributed by atoms with E-state index in [9.17, 15) is 4.79 Å². The van der Waals surface area contributed by atoms with Crippen LogP contribution in [0.1, 0.15) is 10.4 Å². The number of ether oxygens (including phenoxy) is 2. The molecule has 0 saturated carbocycles. The van der Waals surface area contributed by atoms with Crippen LogP contribution in [0.2, 0.25) is 5.02 Å². The van der Waals surface area contributed by atoms with Crippen molar-refractivity contribution in [2.75, 3.05) is 6.79 Å². The fraction of sp³-hybridized carbons (Fsp3) is 0.0714. The van der Waals surface area contributed by atoms with E-state index in [0.29, 0.717) is 16.5 Å². The van der Waals surface area contributed by atoms with Crippen molar-refractivity contribution in [2.24, 2.45) is 0 Å². The summed E-state index contributed by atoms with van der Waals surface area (Å²) >= 11 is 5.94. The van der Waals surface area contributed by atoms with Crippen LogP contribution in [0.15, 0.2) is 36.4 Å². The van der Waals surface area contributed by atoms with Crippen molar-refractivity contribution in [2.45, 2.75) is 0 Å². The highest BCUT2D eigenvalue weighted by Gasteiger charge is 2.15. The second-order valence-corrected chi connectivity index (χ2v) is 4.54. The van der Waals surface area contributed by atoms with E-state index < -0.39 is 5.97 Å². The Kier molecular flexibility index (Phi) is 2.80. The molecule has 1 aliphatic heterocycles. The number of carboxylic acids is 1. The first-order chi connectivity index (χ1) is 9.13. The minimum atomic E-state index is -1.01. The summed E-state index contributed by atoms with van der Waals surface area (Å²) in [7, 11) is 0. The van der Waals surface area contributed by atoms with E-state index >= 15 is 0 Å². The number of benzene rings is 2. The molecule has 4 nitrogen and oxygen atoms in total. The summed E-state index contributed by atoms with van der Waals surface area (Å²) in [6.45, 7) is 0.203. The predicted molar refractivity (Wildman–Crippen MR) is 70.0 cm³/mol. The summed E-state index contributed by atoms with van der Waals surface area (Å²) in [5.74, 6) is 0.322. The summed E-state index contributed by atoms with van der Waals surface area (Å²) in [6.07, 6.45) is 0. The molecule has 2 aromatic rings. The quantitative estimate of drug-likeness (QED) is 0.913. The molecule has 96 valence electrons. The molecule has 0 aromatic heterocycles. The zero-order valence-corrected chi connectivity index (χ0v) is 10.5. The Bertz CT molecular complexity index is 666. The number of rotatable bonds is 2. The Morgan fingerprint density at radius 1 is 1.05 bits per heavy atom. The highest BCUT2D eigenvalue weighted by molar-refractivity contribution is 6.31. The van der Waals surface area contributed by atoms with Gasteiger partial charge in [0.15, 0.2) is 11.5 Å². The molecule has 0 spiro atoms. The molecule has 1 N–H and O–H groups in total. The highest BCUT2D eigenvalue weighted by atomic mass is 35.5. The van der Waals surface area contributed by atoms with Gasteiger partial charge in [0.2, 0.25) is 6.79 Å². The number of hydrogen-bond donors (Lipinski definition) is 1. The molecule has 0 unspecified atom stereocenters. The number of halogens is 1. The van der Waals surface area contributed by atoms with Gasteiger partial charge < -0.3 is 14.6 Å². The van der Waals surface area contributed by atoms with Crippen molar-refractivity contribution in [3.8, 4) is 22.6 Å². The molecule has 0 amide bonds. The third-order valence-electron chi connectivity index (χ3n) is 2.85. The highest BCUT2D eigenvalue weighted by Crippen LogP contribution is 2.36. The lowest BCUT2D eigenvalue weighted by Gasteiger charge is -2.06. The number of hydrogen-bond acceptors (Lipinski definition) is 3. The fourth-order valence-electron chi connectivity index (χ4n) is 1.96. The first-order valence-corrected chi connectivity index (χ1v) is 5.95. The molecule has 5 heteroatoms. The maximum absolute atomic E-state index is 11.0. The third-order valence-corrected chi connectivity index (χ3v) is 3.07. The molecule has 0 atom stereocenters. The summed E-state index contributed by atoms with van der Waals surface area (Å²) in [5.41, 5.74) is 1.71. The van der Waals surface area contributed by atoms with Gasteiger partial charge in [-0.15, -0.1) is 0 Å². The van der Waals surface area contributed by atoms with Crippen LogP contribution in [-0.4, -0.2) is 17.9 Å². The number of fused-ring (bicyclic) bond motifs is 1. The maximum atomic E-state index is 11.0. The predicted octanol–water partition coefficient (Wildman–Crippen LogP) is 3.43. The van der Waals surface area contributed by atoms with Gasteiger partial charge in [-0.05, 0) is 41.5 Å². The number of carboxylic acid groups (broad SMARTS) is 1. The summed E-state index contributed by atoms with van der Waals surface area (Å²) in [5, 5.41) is 9.41. The van der Waals surface area contributed by atoms with Crippen molar-refractivity contribution < 1.29 is 19.4 Å². The molecule has 0 bridgehead atoms. The monoisotopic (exact) mass is 276 g/mol. The van der Waals surface area contributed by atoms with Crippen LogP contribution in [0.3, 0.4) is 0 Å². The van der Waals surface area contributed by atoms with E-state index in [1.54, 1.807) is 24.3 Å². The number of carbonyl (C=O) groups is 1.